The Kier molecular flexibility index (Phi) is 4.24. The van der Waals surface area contributed by atoms with E-state index in [1.807, 2.05) is 30.9 Å². The lowest BCUT2D eigenvalue weighted by Crippen LogP contribution is -2.36. The van der Waals surface area contributed by atoms with Gasteiger partial charge in [-0.25, -0.2) is 9.97 Å². The van der Waals surface area contributed by atoms with Crippen LogP contribution in [0, 0.1) is 0 Å². The second kappa shape index (κ2) is 6.31. The predicted molar refractivity (Wildman–Crippen MR) is 82.1 cm³/mol. The minimum absolute atomic E-state index is 0.275. The summed E-state index contributed by atoms with van der Waals surface area (Å²) in [7, 11) is 3.60. The molecule has 0 saturated carbocycles. The number of hydrogen-bond donors (Lipinski definition) is 0. The molecule has 0 aromatic carbocycles. The third-order valence-electron chi connectivity index (χ3n) is 3.94. The largest absolute Gasteiger partial charge is 0.481 e. The monoisotopic (exact) mass is 303 g/mol. The maximum atomic E-state index is 5.66. The highest BCUT2D eigenvalue weighted by atomic mass is 16.5. The number of fused-ring (bicyclic) bond motifs is 1. The molecule has 1 aliphatic heterocycles. The Morgan fingerprint density at radius 3 is 3.00 bits per heavy atom. The molecule has 1 aliphatic rings. The molecule has 7 nitrogen and oxygen atoms in total. The summed E-state index contributed by atoms with van der Waals surface area (Å²) >= 11 is 0. The molecule has 2 aromatic heterocycles. The highest BCUT2D eigenvalue weighted by molar-refractivity contribution is 5.45. The summed E-state index contributed by atoms with van der Waals surface area (Å²) in [5.74, 6) is 1.71. The van der Waals surface area contributed by atoms with Crippen molar-refractivity contribution in [3.8, 4) is 5.88 Å². The van der Waals surface area contributed by atoms with Crippen LogP contribution in [0.15, 0.2) is 18.6 Å². The Labute approximate surface area is 129 Å². The van der Waals surface area contributed by atoms with E-state index in [1.54, 1.807) is 7.11 Å². The molecule has 22 heavy (non-hydrogen) atoms. The number of rotatable bonds is 5. The van der Waals surface area contributed by atoms with Gasteiger partial charge in [-0.3, -0.25) is 4.68 Å². The second-order valence-electron chi connectivity index (χ2n) is 5.33. The molecule has 118 valence electrons. The van der Waals surface area contributed by atoms with Gasteiger partial charge in [-0.05, 0) is 6.92 Å². The van der Waals surface area contributed by atoms with Crippen molar-refractivity contribution in [3.63, 3.8) is 0 Å². The molecule has 0 fully saturated rings. The van der Waals surface area contributed by atoms with E-state index in [-0.39, 0.29) is 5.92 Å². The van der Waals surface area contributed by atoms with E-state index in [1.165, 1.54) is 17.6 Å². The summed E-state index contributed by atoms with van der Waals surface area (Å²) < 4.78 is 12.8. The molecule has 1 atom stereocenters. The summed E-state index contributed by atoms with van der Waals surface area (Å²) in [5, 5.41) is 4.40. The number of aromatic nitrogens is 4. The topological polar surface area (TPSA) is 65.3 Å². The van der Waals surface area contributed by atoms with Crippen molar-refractivity contribution in [2.24, 2.45) is 7.05 Å². The summed E-state index contributed by atoms with van der Waals surface area (Å²) in [6.07, 6.45) is 3.46. The minimum Gasteiger partial charge on any atom is -0.481 e. The number of hydrogen-bond acceptors (Lipinski definition) is 6. The van der Waals surface area contributed by atoms with Crippen LogP contribution < -0.4 is 9.64 Å². The average Bonchev–Trinajstić information content (AvgIpc) is 2.94. The second-order valence-corrected chi connectivity index (χ2v) is 5.33. The highest BCUT2D eigenvalue weighted by Crippen LogP contribution is 2.31. The Hall–Kier alpha value is -2.15. The lowest BCUT2D eigenvalue weighted by molar-refractivity contribution is 0.129. The number of nitrogens with zero attached hydrogens (tertiary/aromatic N) is 5. The molecule has 3 rings (SSSR count). The normalized spacial score (nSPS) is 17.4. The fourth-order valence-corrected chi connectivity index (χ4v) is 2.94. The van der Waals surface area contributed by atoms with Crippen LogP contribution in [-0.2, 0) is 18.3 Å². The van der Waals surface area contributed by atoms with E-state index in [9.17, 15) is 0 Å². The Morgan fingerprint density at radius 2 is 2.23 bits per heavy atom. The fraction of sp³-hybridized carbons (Fsp3) is 0.533. The summed E-state index contributed by atoms with van der Waals surface area (Å²) in [6, 6.07) is 1.86. The van der Waals surface area contributed by atoms with Gasteiger partial charge in [0.15, 0.2) is 0 Å². The molecule has 0 N–H and O–H groups in total. The summed E-state index contributed by atoms with van der Waals surface area (Å²) in [6.45, 7) is 5.03. The Balaban J connectivity index is 1.89. The zero-order valence-corrected chi connectivity index (χ0v) is 13.2. The van der Waals surface area contributed by atoms with Crippen molar-refractivity contribution in [1.29, 1.82) is 0 Å². The number of ether oxygens (including phenoxy) is 2. The SMILES string of the molecule is CCOC[C@H]1CN(c2cc(OC)ncn2)Cc2cnn(C)c21. The maximum Gasteiger partial charge on any atom is 0.218 e. The molecule has 0 unspecified atom stereocenters. The van der Waals surface area contributed by atoms with Gasteiger partial charge in [0.05, 0.1) is 25.6 Å². The molecule has 0 radical (unpaired) electrons. The highest BCUT2D eigenvalue weighted by Gasteiger charge is 2.29. The first-order valence-corrected chi connectivity index (χ1v) is 7.42. The number of aryl methyl sites for hydroxylation is 1. The van der Waals surface area contributed by atoms with Crippen LogP contribution >= 0.6 is 0 Å². The van der Waals surface area contributed by atoms with E-state index in [0.29, 0.717) is 19.1 Å². The maximum absolute atomic E-state index is 5.66. The van der Waals surface area contributed by atoms with Crippen molar-refractivity contribution in [2.45, 2.75) is 19.4 Å². The van der Waals surface area contributed by atoms with E-state index in [4.69, 9.17) is 9.47 Å². The third kappa shape index (κ3) is 2.76. The zero-order valence-electron chi connectivity index (χ0n) is 13.2. The molecule has 7 heteroatoms. The van der Waals surface area contributed by atoms with Crippen molar-refractivity contribution < 1.29 is 9.47 Å². The van der Waals surface area contributed by atoms with Gasteiger partial charge in [0.25, 0.3) is 0 Å². The molecule has 0 aliphatic carbocycles. The molecular weight excluding hydrogens is 282 g/mol. The van der Waals surface area contributed by atoms with Gasteiger partial charge < -0.3 is 14.4 Å². The first-order valence-electron chi connectivity index (χ1n) is 7.42. The van der Waals surface area contributed by atoms with Crippen LogP contribution in [0.4, 0.5) is 5.82 Å². The van der Waals surface area contributed by atoms with E-state index >= 15 is 0 Å². The first kappa shape index (κ1) is 14.8. The fourth-order valence-electron chi connectivity index (χ4n) is 2.94. The quantitative estimate of drug-likeness (QED) is 0.831. The Morgan fingerprint density at radius 1 is 1.36 bits per heavy atom. The molecular formula is C15H21N5O2. The minimum atomic E-state index is 0.275. The van der Waals surface area contributed by atoms with Gasteiger partial charge in [-0.2, -0.15) is 5.10 Å². The van der Waals surface area contributed by atoms with Crippen LogP contribution in [0.25, 0.3) is 0 Å². The lowest BCUT2D eigenvalue weighted by atomic mass is 9.97. The standard InChI is InChI=1S/C15H21N5O2/c1-4-22-9-12-8-20(7-11-6-18-19(2)15(11)12)13-5-14(21-3)17-10-16-13/h5-6,10,12H,4,7-9H2,1-3H3/t12-/m1/s1. The van der Waals surface area contributed by atoms with Gasteiger partial charge in [-0.15, -0.1) is 0 Å². The third-order valence-corrected chi connectivity index (χ3v) is 3.94. The molecule has 2 aromatic rings. The number of anilines is 1. The van der Waals surface area contributed by atoms with Crippen LogP contribution in [0.1, 0.15) is 24.1 Å². The first-order chi connectivity index (χ1) is 10.7. The van der Waals surface area contributed by atoms with E-state index < -0.39 is 0 Å². The van der Waals surface area contributed by atoms with E-state index in [0.717, 1.165) is 18.9 Å². The smallest absolute Gasteiger partial charge is 0.218 e. The van der Waals surface area contributed by atoms with Crippen molar-refractivity contribution >= 4 is 5.82 Å². The van der Waals surface area contributed by atoms with Crippen LogP contribution in [0.5, 0.6) is 5.88 Å². The van der Waals surface area contributed by atoms with Gasteiger partial charge in [-0.1, -0.05) is 0 Å². The van der Waals surface area contributed by atoms with Gasteiger partial charge in [0.1, 0.15) is 12.1 Å². The molecule has 3 heterocycles. The van der Waals surface area contributed by atoms with Crippen LogP contribution in [0.3, 0.4) is 0 Å². The van der Waals surface area contributed by atoms with E-state index in [2.05, 4.69) is 20.0 Å². The van der Waals surface area contributed by atoms with Crippen LogP contribution in [-0.4, -0.2) is 46.6 Å². The summed E-state index contributed by atoms with van der Waals surface area (Å²) in [5.41, 5.74) is 2.47. The molecule has 0 amide bonds. The van der Waals surface area contributed by atoms with Gasteiger partial charge in [0.2, 0.25) is 5.88 Å². The van der Waals surface area contributed by atoms with Gasteiger partial charge in [0, 0.05) is 44.3 Å². The molecule has 0 saturated heterocycles. The summed E-state index contributed by atoms with van der Waals surface area (Å²) in [4.78, 5) is 10.7. The van der Waals surface area contributed by atoms with Crippen LogP contribution in [0.2, 0.25) is 0 Å². The van der Waals surface area contributed by atoms with Crippen molar-refractivity contribution in [3.05, 3.63) is 29.8 Å². The lowest BCUT2D eigenvalue weighted by Gasteiger charge is -2.33. The average molecular weight is 303 g/mol. The number of methoxy groups -OCH3 is 1. The zero-order chi connectivity index (χ0) is 15.5. The molecule has 0 spiro atoms. The van der Waals surface area contributed by atoms with Gasteiger partial charge >= 0.3 is 0 Å². The van der Waals surface area contributed by atoms with Crippen molar-refractivity contribution in [1.82, 2.24) is 19.7 Å². The molecule has 0 bridgehead atoms. The van der Waals surface area contributed by atoms with Crippen molar-refractivity contribution in [2.75, 3.05) is 31.8 Å². The Bertz CT molecular complexity index is 643. The predicted octanol–water partition coefficient (Wildman–Crippen LogP) is 1.36.